The molecule has 2 unspecified atom stereocenters. The minimum absolute atomic E-state index is 0.0113. The Morgan fingerprint density at radius 2 is 1.15 bits per heavy atom. The predicted molar refractivity (Wildman–Crippen MR) is 409 cm³/mol. The number of nitrogens with zero attached hydrogens (tertiary/aromatic N) is 11. The molecule has 560 valence electrons. The molecule has 5 aromatic heterocycles. The monoisotopic (exact) mass is 1540 g/mol. The van der Waals surface area contributed by atoms with E-state index in [-0.39, 0.29) is 110 Å². The molecule has 1 saturated heterocycles. The summed E-state index contributed by atoms with van der Waals surface area (Å²) in [5.41, 5.74) is 10.8. The van der Waals surface area contributed by atoms with Gasteiger partial charge in [0.15, 0.2) is 11.6 Å². The van der Waals surface area contributed by atoms with Crippen LogP contribution in [0.15, 0.2) is 88.3 Å². The minimum Gasteiger partial charge on any atom is -0.391 e. The molecular formula is C75H88Cl2N16O10S3. The van der Waals surface area contributed by atoms with Crippen LogP contribution in [0.2, 0.25) is 10.0 Å². The molecular weight excluding hydrogens is 1450 g/mol. The maximum Gasteiger partial charge on any atom is 0.246 e. The molecule has 5 atom stereocenters. The summed E-state index contributed by atoms with van der Waals surface area (Å²) in [4.78, 5) is 118. The fourth-order valence-electron chi connectivity index (χ4n) is 13.0. The molecule has 7 amide bonds. The number of nitrogens with one attached hydrogen (secondary N) is 5. The number of amides is 7. The number of carbonyl (C=O) groups excluding carboxylic acids is 7. The summed E-state index contributed by atoms with van der Waals surface area (Å²) in [7, 11) is 0. The van der Waals surface area contributed by atoms with Crippen LogP contribution >= 0.6 is 57.2 Å². The van der Waals surface area contributed by atoms with E-state index >= 15 is 0 Å². The largest absolute Gasteiger partial charge is 0.391 e. The number of aliphatic imine (C=N–C) groups is 2. The third kappa shape index (κ3) is 18.5. The smallest absolute Gasteiger partial charge is 0.246 e. The zero-order chi connectivity index (χ0) is 75.7. The van der Waals surface area contributed by atoms with E-state index in [0.29, 0.717) is 39.8 Å². The van der Waals surface area contributed by atoms with Crippen LogP contribution in [0, 0.1) is 53.9 Å². The molecule has 26 nitrogen and oxygen atoms in total. The molecule has 0 spiro atoms. The maximum atomic E-state index is 14.6. The summed E-state index contributed by atoms with van der Waals surface area (Å²) in [5.74, 6) is -0.822. The summed E-state index contributed by atoms with van der Waals surface area (Å²) in [6, 6.07) is 19.1. The van der Waals surface area contributed by atoms with Gasteiger partial charge in [-0.25, -0.2) is 4.98 Å². The van der Waals surface area contributed by atoms with Gasteiger partial charge in [-0.3, -0.25) is 52.7 Å². The number of thiophene rings is 2. The predicted octanol–water partition coefficient (Wildman–Crippen LogP) is 9.01. The molecule has 31 heteroatoms. The molecule has 3 aliphatic rings. The second-order valence-electron chi connectivity index (χ2n) is 27.6. The lowest BCUT2D eigenvalue weighted by atomic mass is 9.85. The number of ether oxygens (including phenoxy) is 2. The fourth-order valence-corrected chi connectivity index (χ4v) is 16.5. The number of aliphatic hydroxyl groups excluding tert-OH is 1. The number of hydrogen-bond acceptors (Lipinski definition) is 20. The van der Waals surface area contributed by atoms with Gasteiger partial charge in [0.1, 0.15) is 45.8 Å². The van der Waals surface area contributed by atoms with E-state index in [2.05, 4.69) is 79.7 Å². The van der Waals surface area contributed by atoms with Crippen LogP contribution in [0.1, 0.15) is 149 Å². The first-order valence-electron chi connectivity index (χ1n) is 35.2. The second-order valence-corrected chi connectivity index (χ2v) is 31.7. The van der Waals surface area contributed by atoms with E-state index in [9.17, 15) is 38.7 Å². The van der Waals surface area contributed by atoms with Gasteiger partial charge in [-0.2, -0.15) is 0 Å². The number of aliphatic hydroxyl groups is 1. The normalized spacial score (nSPS) is 16.3. The Hall–Kier alpha value is -8.94. The van der Waals surface area contributed by atoms with Crippen molar-refractivity contribution >= 4 is 110 Å². The van der Waals surface area contributed by atoms with E-state index in [1.165, 1.54) is 21.1 Å². The highest BCUT2D eigenvalue weighted by Crippen LogP contribution is 2.42. The molecule has 11 rings (SSSR count). The zero-order valence-corrected chi connectivity index (χ0v) is 64.9. The summed E-state index contributed by atoms with van der Waals surface area (Å²) >= 11 is 17.4. The second kappa shape index (κ2) is 34.7. The Balaban J connectivity index is 0.677. The Labute approximate surface area is 637 Å². The lowest BCUT2D eigenvalue weighted by molar-refractivity contribution is -0.145. The molecule has 3 aliphatic heterocycles. The Bertz CT molecular complexity index is 4620. The highest BCUT2D eigenvalue weighted by Gasteiger charge is 2.45. The van der Waals surface area contributed by atoms with Crippen LogP contribution in [0.5, 0.6) is 0 Å². The number of likely N-dealkylation sites (tertiary alicyclic amines) is 1. The number of thiazole rings is 1. The molecule has 3 aromatic carbocycles. The highest BCUT2D eigenvalue weighted by molar-refractivity contribution is 7.15. The van der Waals surface area contributed by atoms with E-state index in [1.54, 1.807) is 49.0 Å². The van der Waals surface area contributed by atoms with Gasteiger partial charge in [-0.05, 0) is 107 Å². The number of benzene rings is 3. The third-order valence-corrected chi connectivity index (χ3v) is 22.7. The summed E-state index contributed by atoms with van der Waals surface area (Å²) < 4.78 is 15.7. The molecule has 8 heterocycles. The SMILES string of the molecule is Cc1ncsc1-c1ccc(CNC(=O)[C@@H]2C[C@@H](O)CN2C(=O)[C@@H](NC(=O)CN(CCOCCOCCNC(=O)CC2N=C(c3ccc(Cl)cc3)c3c(sc(C)c3C)-n3c(C)nnc32)C(=O)CCC(=O)NCCCNC(=O)CC2N=C(c3ccc(Cl)cc3)c3c(sc(C)c3C)-n3c(C)nnc32)C(C)(C)C)cc1. The Kier molecular flexibility index (Phi) is 25.6. The molecule has 0 saturated carbocycles. The zero-order valence-electron chi connectivity index (χ0n) is 60.9. The number of fused-ring (bicyclic) bond motifs is 6. The number of hydrogen-bond donors (Lipinski definition) is 6. The van der Waals surface area contributed by atoms with Gasteiger partial charge >= 0.3 is 0 Å². The summed E-state index contributed by atoms with van der Waals surface area (Å²) in [6.45, 7) is 19.5. The number of aromatic nitrogens is 7. The van der Waals surface area contributed by atoms with Crippen molar-refractivity contribution in [2.45, 2.75) is 145 Å². The third-order valence-electron chi connectivity index (χ3n) is 18.9. The van der Waals surface area contributed by atoms with Gasteiger partial charge in [-0.15, -0.1) is 54.4 Å². The van der Waals surface area contributed by atoms with E-state index in [4.69, 9.17) is 42.7 Å². The first-order valence-corrected chi connectivity index (χ1v) is 38.5. The Morgan fingerprint density at radius 1 is 0.632 bits per heavy atom. The van der Waals surface area contributed by atoms with Crippen LogP contribution in [-0.2, 0) is 49.6 Å². The van der Waals surface area contributed by atoms with Crippen LogP contribution in [0.4, 0.5) is 0 Å². The van der Waals surface area contributed by atoms with Crippen molar-refractivity contribution in [1.29, 1.82) is 0 Å². The van der Waals surface area contributed by atoms with Crippen molar-refractivity contribution in [1.82, 2.24) is 70.9 Å². The van der Waals surface area contributed by atoms with Crippen molar-refractivity contribution in [2.24, 2.45) is 15.4 Å². The molecule has 0 bridgehead atoms. The summed E-state index contributed by atoms with van der Waals surface area (Å²) in [6.07, 6.45) is -1.20. The van der Waals surface area contributed by atoms with Crippen LogP contribution in [0.3, 0.4) is 0 Å². The number of β-amino-alcohol motifs (C(OH)–C–C–N with tert-alkyl or cyclic N) is 1. The fraction of sp³-hybridized carbons (Fsp3) is 0.440. The van der Waals surface area contributed by atoms with Gasteiger partial charge in [0.25, 0.3) is 0 Å². The first kappa shape index (κ1) is 78.1. The van der Waals surface area contributed by atoms with Crippen molar-refractivity contribution in [3.63, 3.8) is 0 Å². The van der Waals surface area contributed by atoms with Crippen molar-refractivity contribution < 1.29 is 48.1 Å². The van der Waals surface area contributed by atoms with E-state index in [0.717, 1.165) is 86.3 Å². The lowest BCUT2D eigenvalue weighted by Crippen LogP contribution is -2.59. The molecule has 6 N–H and O–H groups in total. The van der Waals surface area contributed by atoms with Crippen LogP contribution in [0.25, 0.3) is 20.4 Å². The van der Waals surface area contributed by atoms with Gasteiger partial charge in [0.05, 0.1) is 79.4 Å². The summed E-state index contributed by atoms with van der Waals surface area (Å²) in [5, 5.41) is 46.2. The minimum atomic E-state index is -1.20. The van der Waals surface area contributed by atoms with E-state index in [1.807, 2.05) is 103 Å². The van der Waals surface area contributed by atoms with Crippen LogP contribution in [-0.4, -0.2) is 186 Å². The van der Waals surface area contributed by atoms with Gasteiger partial charge in [-0.1, -0.05) is 92.5 Å². The topological polar surface area (TPSA) is 324 Å². The Morgan fingerprint density at radius 3 is 1.68 bits per heavy atom. The molecule has 8 aromatic rings. The quantitative estimate of drug-likeness (QED) is 0.0229. The van der Waals surface area contributed by atoms with Crippen molar-refractivity contribution in [3.05, 3.63) is 166 Å². The maximum absolute atomic E-state index is 14.6. The average molecular weight is 1540 g/mol. The number of halogens is 2. The van der Waals surface area contributed by atoms with Crippen molar-refractivity contribution in [2.75, 3.05) is 65.7 Å². The first-order chi connectivity index (χ1) is 50.7. The number of aryl methyl sites for hydroxylation is 5. The highest BCUT2D eigenvalue weighted by atomic mass is 35.5. The average Bonchev–Trinajstić information content (AvgIpc) is 1.59. The van der Waals surface area contributed by atoms with Gasteiger partial charge in [0.2, 0.25) is 41.4 Å². The molecule has 106 heavy (non-hydrogen) atoms. The standard InChI is InChI=1S/C75H88Cl2N16O10S3/c1-41-44(4)105-73-63(41)65(49-16-20-52(76)21-17-49)83-55(69-88-86-46(6)92(69)73)35-59(96)79-27-11-26-78-58(95)24-25-62(99)90(39-61(98)85-68(75(8,9)10)72(101)91-38-54(94)34-57(91)71(100)81-37-48-12-14-51(15-13-48)67-43(3)82-40-104-67)29-31-103-33-32-102-30-28-80-60(97)36-56-70-89-87-47(7)93(70)74-64(42(2)45(5)106-74)66(84-56)50-18-22-53(77)23-19-50/h12-23,40,54-57,68,94H,11,24-39H2,1-10H3,(H,78,95)(H,79,96)(H,80,97)(H,81,100)(H,85,98)/t54-,55?,56?,57+,68-/m1/s1. The van der Waals surface area contributed by atoms with Crippen LogP contribution < -0.4 is 26.6 Å². The molecule has 0 radical (unpaired) electrons. The van der Waals surface area contributed by atoms with Gasteiger partial charge < -0.3 is 51.0 Å². The molecule has 0 aliphatic carbocycles. The molecule has 1 fully saturated rings. The number of carbonyl (C=O) groups is 7. The number of rotatable bonds is 30. The van der Waals surface area contributed by atoms with Crippen molar-refractivity contribution in [3.8, 4) is 20.4 Å². The lowest BCUT2D eigenvalue weighted by Gasteiger charge is -2.35. The van der Waals surface area contributed by atoms with E-state index < -0.39 is 71.8 Å². The van der Waals surface area contributed by atoms with Gasteiger partial charge in [0, 0.05) is 101 Å².